The molecule has 0 aliphatic carbocycles. The highest BCUT2D eigenvalue weighted by atomic mass is 79.9. The number of hydrogen-bond donors (Lipinski definition) is 3. The molecule has 0 saturated carbocycles. The minimum Gasteiger partial charge on any atom is -0.331 e. The average Bonchev–Trinajstić information content (AvgIpc) is 3.13. The zero-order chi connectivity index (χ0) is 24.5. The van der Waals surface area contributed by atoms with E-state index in [0.29, 0.717) is 28.0 Å². The number of hydrogen-bond acceptors (Lipinski definition) is 8. The molecule has 0 aliphatic rings. The summed E-state index contributed by atoms with van der Waals surface area (Å²) in [6.45, 7) is 5.32. The topological polar surface area (TPSA) is 143 Å². The molecule has 176 valence electrons. The fraction of sp³-hybridized carbons (Fsp3) is 0.190. The summed E-state index contributed by atoms with van der Waals surface area (Å²) in [6, 6.07) is 9.33. The number of aromatic amines is 1. The number of sulfonamides is 1. The summed E-state index contributed by atoms with van der Waals surface area (Å²) in [6.07, 6.45) is 0. The molecular formula is C21H20BrN7O3S2. The van der Waals surface area contributed by atoms with Gasteiger partial charge in [-0.25, -0.2) is 28.4 Å². The summed E-state index contributed by atoms with van der Waals surface area (Å²) in [7, 11) is -3.84. The van der Waals surface area contributed by atoms with Gasteiger partial charge in [0.25, 0.3) is 10.0 Å². The summed E-state index contributed by atoms with van der Waals surface area (Å²) < 4.78 is 28.6. The number of carbonyl (C=O) groups is 1. The predicted molar refractivity (Wildman–Crippen MR) is 134 cm³/mol. The molecule has 0 bridgehead atoms. The molecule has 0 spiro atoms. The number of fused-ring (bicyclic) bond motifs is 1. The second-order valence-corrected chi connectivity index (χ2v) is 10.9. The first-order valence-electron chi connectivity index (χ1n) is 10.00. The summed E-state index contributed by atoms with van der Waals surface area (Å²) >= 11 is 4.68. The number of nitrogens with one attached hydrogen (secondary N) is 3. The molecule has 3 heterocycles. The van der Waals surface area contributed by atoms with E-state index in [-0.39, 0.29) is 22.4 Å². The number of aromatic nitrogens is 5. The van der Waals surface area contributed by atoms with Gasteiger partial charge in [-0.2, -0.15) is 0 Å². The Kier molecular flexibility index (Phi) is 6.86. The number of aryl methyl sites for hydroxylation is 3. The van der Waals surface area contributed by atoms with Crippen molar-refractivity contribution in [3.63, 3.8) is 0 Å². The number of nitrogens with zero attached hydrogens (tertiary/aromatic N) is 4. The van der Waals surface area contributed by atoms with E-state index < -0.39 is 10.0 Å². The third-order valence-electron chi connectivity index (χ3n) is 4.57. The molecule has 0 unspecified atom stereocenters. The lowest BCUT2D eigenvalue weighted by Gasteiger charge is -2.10. The molecule has 34 heavy (non-hydrogen) atoms. The number of thioether (sulfide) groups is 1. The first-order chi connectivity index (χ1) is 16.1. The molecule has 1 aromatic carbocycles. The van der Waals surface area contributed by atoms with Gasteiger partial charge in [-0.3, -0.25) is 9.52 Å². The Morgan fingerprint density at radius 3 is 2.50 bits per heavy atom. The Morgan fingerprint density at radius 2 is 1.79 bits per heavy atom. The fourth-order valence-corrected chi connectivity index (χ4v) is 5.05. The van der Waals surface area contributed by atoms with Gasteiger partial charge in [-0.1, -0.05) is 11.8 Å². The molecule has 0 atom stereocenters. The first-order valence-corrected chi connectivity index (χ1v) is 13.3. The van der Waals surface area contributed by atoms with Gasteiger partial charge < -0.3 is 10.3 Å². The molecule has 13 heteroatoms. The lowest BCUT2D eigenvalue weighted by molar-refractivity contribution is -0.113. The number of rotatable bonds is 7. The monoisotopic (exact) mass is 561 g/mol. The van der Waals surface area contributed by atoms with Crippen molar-refractivity contribution in [3.8, 4) is 0 Å². The molecule has 0 aliphatic heterocycles. The second kappa shape index (κ2) is 9.68. The fourth-order valence-electron chi connectivity index (χ4n) is 3.07. The van der Waals surface area contributed by atoms with Crippen molar-refractivity contribution in [2.24, 2.45) is 0 Å². The van der Waals surface area contributed by atoms with Crippen molar-refractivity contribution in [2.45, 2.75) is 30.8 Å². The molecule has 0 saturated heterocycles. The predicted octanol–water partition coefficient (Wildman–Crippen LogP) is 3.97. The van der Waals surface area contributed by atoms with Crippen LogP contribution in [-0.2, 0) is 14.8 Å². The summed E-state index contributed by atoms with van der Waals surface area (Å²) in [4.78, 5) is 32.5. The van der Waals surface area contributed by atoms with Gasteiger partial charge in [0.15, 0.2) is 10.8 Å². The standard InChI is InChI=1S/C21H20BrN7O3S2/c1-11-8-18(25-13(3)23-11)29-34(31,32)15-6-4-14(5-7-15)26-19(30)10-33-21-27-17-9-16(22)12(2)24-20(17)28-21/h4-9H,10H2,1-3H3,(H,26,30)(H,23,25,29)(H,24,27,28). The van der Waals surface area contributed by atoms with E-state index in [0.717, 1.165) is 15.7 Å². The average molecular weight is 562 g/mol. The highest BCUT2D eigenvalue weighted by Crippen LogP contribution is 2.23. The van der Waals surface area contributed by atoms with Crippen molar-refractivity contribution >= 4 is 66.3 Å². The molecule has 0 fully saturated rings. The third kappa shape index (κ3) is 5.72. The van der Waals surface area contributed by atoms with E-state index >= 15 is 0 Å². The number of benzene rings is 1. The molecule has 0 radical (unpaired) electrons. The van der Waals surface area contributed by atoms with Crippen molar-refractivity contribution in [1.29, 1.82) is 0 Å². The second-order valence-electron chi connectivity index (χ2n) is 7.38. The maximum absolute atomic E-state index is 12.7. The molecule has 4 aromatic rings. The van der Waals surface area contributed by atoms with Gasteiger partial charge in [-0.15, -0.1) is 0 Å². The van der Waals surface area contributed by atoms with Crippen LogP contribution in [-0.4, -0.2) is 45.0 Å². The SMILES string of the molecule is Cc1cc(NS(=O)(=O)c2ccc(NC(=O)CSc3nc4nc(C)c(Br)cc4[nH]3)cc2)nc(C)n1. The zero-order valence-electron chi connectivity index (χ0n) is 18.4. The van der Waals surface area contributed by atoms with E-state index in [1.165, 1.54) is 36.0 Å². The van der Waals surface area contributed by atoms with Crippen LogP contribution in [0.5, 0.6) is 0 Å². The van der Waals surface area contributed by atoms with Crippen LogP contribution in [0.25, 0.3) is 11.2 Å². The van der Waals surface area contributed by atoms with Crippen molar-refractivity contribution in [1.82, 2.24) is 24.9 Å². The Labute approximate surface area is 208 Å². The highest BCUT2D eigenvalue weighted by Gasteiger charge is 2.16. The minimum atomic E-state index is -3.84. The van der Waals surface area contributed by atoms with Gasteiger partial charge in [-0.05, 0) is 67.0 Å². The molecule has 3 N–H and O–H groups in total. The number of halogens is 1. The van der Waals surface area contributed by atoms with Gasteiger partial charge in [0.2, 0.25) is 5.91 Å². The Balaban J connectivity index is 1.36. The molecular weight excluding hydrogens is 542 g/mol. The van der Waals surface area contributed by atoms with Crippen molar-refractivity contribution in [3.05, 3.63) is 58.1 Å². The lowest BCUT2D eigenvalue weighted by Crippen LogP contribution is -2.16. The van der Waals surface area contributed by atoms with Gasteiger partial charge in [0.1, 0.15) is 11.6 Å². The van der Waals surface area contributed by atoms with Gasteiger partial charge >= 0.3 is 0 Å². The Morgan fingerprint density at radius 1 is 1.06 bits per heavy atom. The van der Waals surface area contributed by atoms with Crippen molar-refractivity contribution < 1.29 is 13.2 Å². The van der Waals surface area contributed by atoms with E-state index in [9.17, 15) is 13.2 Å². The van der Waals surface area contributed by atoms with Crippen molar-refractivity contribution in [2.75, 3.05) is 15.8 Å². The van der Waals surface area contributed by atoms with Crippen LogP contribution >= 0.6 is 27.7 Å². The number of imidazole rings is 1. The zero-order valence-corrected chi connectivity index (χ0v) is 21.6. The minimum absolute atomic E-state index is 0.0463. The smallest absolute Gasteiger partial charge is 0.263 e. The summed E-state index contributed by atoms with van der Waals surface area (Å²) in [5.74, 6) is 0.531. The van der Waals surface area contributed by atoms with Crippen LogP contribution in [0, 0.1) is 20.8 Å². The molecule has 4 rings (SSSR count). The Hall–Kier alpha value is -3.03. The van der Waals surface area contributed by atoms with Crippen LogP contribution < -0.4 is 10.0 Å². The largest absolute Gasteiger partial charge is 0.331 e. The summed E-state index contributed by atoms with van der Waals surface area (Å²) in [5, 5.41) is 3.33. The Bertz CT molecular complexity index is 1430. The van der Waals surface area contributed by atoms with E-state index in [1.807, 2.05) is 13.0 Å². The lowest BCUT2D eigenvalue weighted by atomic mass is 10.3. The number of H-pyrrole nitrogens is 1. The van der Waals surface area contributed by atoms with E-state index in [4.69, 9.17) is 0 Å². The number of pyridine rings is 1. The highest BCUT2D eigenvalue weighted by molar-refractivity contribution is 9.10. The van der Waals surface area contributed by atoms with Gasteiger partial charge in [0, 0.05) is 21.9 Å². The van der Waals surface area contributed by atoms with Crippen LogP contribution in [0.1, 0.15) is 17.2 Å². The van der Waals surface area contributed by atoms with Crippen LogP contribution in [0.3, 0.4) is 0 Å². The van der Waals surface area contributed by atoms with Crippen LogP contribution in [0.15, 0.2) is 50.9 Å². The van der Waals surface area contributed by atoms with Gasteiger partial charge in [0.05, 0.1) is 21.9 Å². The van der Waals surface area contributed by atoms with E-state index in [1.54, 1.807) is 19.9 Å². The first kappa shape index (κ1) is 24.1. The number of anilines is 2. The maximum Gasteiger partial charge on any atom is 0.263 e. The third-order valence-corrected chi connectivity index (χ3v) is 7.62. The number of amides is 1. The molecule has 3 aromatic heterocycles. The van der Waals surface area contributed by atoms with Crippen LogP contribution in [0.2, 0.25) is 0 Å². The summed E-state index contributed by atoms with van der Waals surface area (Å²) in [5.41, 5.74) is 3.32. The molecule has 1 amide bonds. The van der Waals surface area contributed by atoms with Crippen LogP contribution in [0.4, 0.5) is 11.5 Å². The normalized spacial score (nSPS) is 11.5. The maximum atomic E-state index is 12.7. The molecule has 10 nitrogen and oxygen atoms in total. The quantitative estimate of drug-likeness (QED) is 0.287. The van der Waals surface area contributed by atoms with E-state index in [2.05, 4.69) is 50.9 Å². The number of carbonyl (C=O) groups excluding carboxylic acids is 1.